The standard InChI is InChI=1S/C7H9N3S.C6H8N2/c1-5-2-3-9-6(4-5)10-7(8)11;1-5-2-3-8-6(7)4-5/h2-4H,1H3,(H3,8,9,10,11);2-4H,1H3,(H2,7,8). The fraction of sp³-hybridized carbons (Fsp3) is 0.154. The minimum absolute atomic E-state index is 0.239. The van der Waals surface area contributed by atoms with Crippen molar-refractivity contribution in [2.45, 2.75) is 13.8 Å². The van der Waals surface area contributed by atoms with Crippen LogP contribution in [0.15, 0.2) is 36.7 Å². The van der Waals surface area contributed by atoms with Gasteiger partial charge in [-0.3, -0.25) is 0 Å². The van der Waals surface area contributed by atoms with E-state index in [2.05, 4.69) is 27.5 Å². The summed E-state index contributed by atoms with van der Waals surface area (Å²) >= 11 is 4.65. The molecule has 0 aliphatic rings. The van der Waals surface area contributed by atoms with Gasteiger partial charge in [-0.15, -0.1) is 0 Å². The van der Waals surface area contributed by atoms with Crippen LogP contribution in [0.2, 0.25) is 0 Å². The molecule has 100 valence electrons. The number of nitrogens with zero attached hydrogens (tertiary/aromatic N) is 2. The molecular weight excluding hydrogens is 258 g/mol. The average Bonchev–Trinajstić information content (AvgIpc) is 2.28. The van der Waals surface area contributed by atoms with E-state index in [0.717, 1.165) is 11.1 Å². The van der Waals surface area contributed by atoms with E-state index in [1.54, 1.807) is 12.4 Å². The average molecular weight is 275 g/mol. The summed E-state index contributed by atoms with van der Waals surface area (Å²) in [4.78, 5) is 7.82. The summed E-state index contributed by atoms with van der Waals surface area (Å²) in [6.07, 6.45) is 3.40. The van der Waals surface area contributed by atoms with Gasteiger partial charge >= 0.3 is 0 Å². The minimum atomic E-state index is 0.239. The smallest absolute Gasteiger partial charge is 0.169 e. The number of hydrogen-bond acceptors (Lipinski definition) is 4. The summed E-state index contributed by atoms with van der Waals surface area (Å²) in [5.74, 6) is 1.28. The first-order valence-electron chi connectivity index (χ1n) is 5.64. The Balaban J connectivity index is 0.000000200. The fourth-order valence-corrected chi connectivity index (χ4v) is 1.39. The van der Waals surface area contributed by atoms with Gasteiger partial charge in [0, 0.05) is 12.4 Å². The molecule has 0 atom stereocenters. The number of hydrogen-bond donors (Lipinski definition) is 3. The first kappa shape index (κ1) is 14.8. The highest BCUT2D eigenvalue weighted by Crippen LogP contribution is 2.04. The number of anilines is 2. The molecule has 2 aromatic heterocycles. The Kier molecular flexibility index (Phi) is 5.69. The van der Waals surface area contributed by atoms with E-state index < -0.39 is 0 Å². The van der Waals surface area contributed by atoms with Crippen LogP contribution in [-0.4, -0.2) is 15.1 Å². The van der Waals surface area contributed by atoms with Gasteiger partial charge in [-0.25, -0.2) is 9.97 Å². The quantitative estimate of drug-likeness (QED) is 0.690. The first-order valence-corrected chi connectivity index (χ1v) is 6.05. The topological polar surface area (TPSA) is 89.8 Å². The van der Waals surface area contributed by atoms with Crippen molar-refractivity contribution in [3.8, 4) is 0 Å². The second-order valence-corrected chi connectivity index (χ2v) is 4.41. The SMILES string of the molecule is Cc1ccnc(N)c1.Cc1ccnc(NC(N)=S)c1. The largest absolute Gasteiger partial charge is 0.384 e. The van der Waals surface area contributed by atoms with Crippen molar-refractivity contribution in [2.75, 3.05) is 11.1 Å². The molecule has 2 heterocycles. The lowest BCUT2D eigenvalue weighted by Crippen LogP contribution is -2.19. The molecule has 0 unspecified atom stereocenters. The number of aromatic nitrogens is 2. The van der Waals surface area contributed by atoms with E-state index in [-0.39, 0.29) is 5.11 Å². The van der Waals surface area contributed by atoms with Crippen LogP contribution in [0.3, 0.4) is 0 Å². The Morgan fingerprint density at radius 3 is 2.11 bits per heavy atom. The van der Waals surface area contributed by atoms with E-state index in [0.29, 0.717) is 11.6 Å². The van der Waals surface area contributed by atoms with Crippen LogP contribution >= 0.6 is 12.2 Å². The summed E-state index contributed by atoms with van der Waals surface area (Å²) in [7, 11) is 0. The lowest BCUT2D eigenvalue weighted by molar-refractivity contribution is 1.28. The molecule has 0 radical (unpaired) electrons. The molecule has 0 aliphatic carbocycles. The van der Waals surface area contributed by atoms with Crippen molar-refractivity contribution in [1.82, 2.24) is 9.97 Å². The normalized spacial score (nSPS) is 9.16. The third kappa shape index (κ3) is 6.32. The Labute approximate surface area is 118 Å². The van der Waals surface area contributed by atoms with Gasteiger partial charge in [-0.05, 0) is 61.5 Å². The highest BCUT2D eigenvalue weighted by Gasteiger charge is 1.92. The third-order valence-corrected chi connectivity index (χ3v) is 2.21. The molecule has 0 fully saturated rings. The van der Waals surface area contributed by atoms with Crippen molar-refractivity contribution in [2.24, 2.45) is 5.73 Å². The van der Waals surface area contributed by atoms with Gasteiger partial charge in [0.05, 0.1) is 0 Å². The van der Waals surface area contributed by atoms with Crippen molar-refractivity contribution in [1.29, 1.82) is 0 Å². The number of pyridine rings is 2. The molecule has 0 amide bonds. The maximum absolute atomic E-state index is 5.35. The predicted molar refractivity (Wildman–Crippen MR) is 82.8 cm³/mol. The zero-order chi connectivity index (χ0) is 14.3. The molecule has 2 rings (SSSR count). The molecule has 2 aromatic rings. The van der Waals surface area contributed by atoms with Crippen molar-refractivity contribution < 1.29 is 0 Å². The van der Waals surface area contributed by atoms with Gasteiger partial charge in [0.2, 0.25) is 0 Å². The third-order valence-electron chi connectivity index (χ3n) is 2.10. The molecule has 0 bridgehead atoms. The van der Waals surface area contributed by atoms with Crippen LogP contribution < -0.4 is 16.8 Å². The Bertz CT molecular complexity index is 539. The highest BCUT2D eigenvalue weighted by molar-refractivity contribution is 7.80. The molecule has 5 N–H and O–H groups in total. The second-order valence-electron chi connectivity index (χ2n) is 3.97. The van der Waals surface area contributed by atoms with Crippen molar-refractivity contribution in [3.05, 3.63) is 47.8 Å². The summed E-state index contributed by atoms with van der Waals surface area (Å²) in [6, 6.07) is 7.53. The number of aryl methyl sites for hydroxylation is 2. The van der Waals surface area contributed by atoms with Gasteiger partial charge in [-0.1, -0.05) is 0 Å². The highest BCUT2D eigenvalue weighted by atomic mass is 32.1. The summed E-state index contributed by atoms with van der Waals surface area (Å²) in [5, 5.41) is 2.98. The number of nitrogens with one attached hydrogen (secondary N) is 1. The summed E-state index contributed by atoms with van der Waals surface area (Å²) < 4.78 is 0. The maximum atomic E-state index is 5.35. The van der Waals surface area contributed by atoms with Gasteiger partial charge in [-0.2, -0.15) is 0 Å². The zero-order valence-corrected chi connectivity index (χ0v) is 11.7. The first-order chi connectivity index (χ1) is 8.97. The number of nitrogen functional groups attached to an aromatic ring is 1. The lowest BCUT2D eigenvalue weighted by Gasteiger charge is -2.01. The molecule has 5 nitrogen and oxygen atoms in total. The monoisotopic (exact) mass is 275 g/mol. The van der Waals surface area contributed by atoms with Crippen LogP contribution in [0.1, 0.15) is 11.1 Å². The Morgan fingerprint density at radius 2 is 1.68 bits per heavy atom. The zero-order valence-electron chi connectivity index (χ0n) is 10.9. The number of thiocarbonyl (C=S) groups is 1. The maximum Gasteiger partial charge on any atom is 0.169 e. The molecule has 0 aliphatic heterocycles. The van der Waals surface area contributed by atoms with E-state index in [9.17, 15) is 0 Å². The van der Waals surface area contributed by atoms with Gasteiger partial charge < -0.3 is 16.8 Å². The van der Waals surface area contributed by atoms with E-state index in [4.69, 9.17) is 11.5 Å². The van der Waals surface area contributed by atoms with Crippen LogP contribution in [0.5, 0.6) is 0 Å². The van der Waals surface area contributed by atoms with E-state index in [1.165, 1.54) is 0 Å². The van der Waals surface area contributed by atoms with Gasteiger partial charge in [0.25, 0.3) is 0 Å². The van der Waals surface area contributed by atoms with Crippen molar-refractivity contribution >= 4 is 29.0 Å². The second kappa shape index (κ2) is 7.27. The molecule has 6 heteroatoms. The molecule has 0 saturated heterocycles. The molecule has 0 saturated carbocycles. The minimum Gasteiger partial charge on any atom is -0.384 e. The van der Waals surface area contributed by atoms with Crippen molar-refractivity contribution in [3.63, 3.8) is 0 Å². The van der Waals surface area contributed by atoms with Crippen LogP contribution in [0.4, 0.5) is 11.6 Å². The lowest BCUT2D eigenvalue weighted by atomic mass is 10.3. The predicted octanol–water partition coefficient (Wildman–Crippen LogP) is 2.02. The van der Waals surface area contributed by atoms with Gasteiger partial charge in [0.1, 0.15) is 11.6 Å². The van der Waals surface area contributed by atoms with Crippen LogP contribution in [-0.2, 0) is 0 Å². The van der Waals surface area contributed by atoms with E-state index in [1.807, 2.05) is 38.1 Å². The Hall–Kier alpha value is -2.21. The van der Waals surface area contributed by atoms with Crippen LogP contribution in [0.25, 0.3) is 0 Å². The molecule has 19 heavy (non-hydrogen) atoms. The number of rotatable bonds is 1. The molecule has 0 aromatic carbocycles. The summed E-state index contributed by atoms with van der Waals surface area (Å²) in [6.45, 7) is 3.96. The number of nitrogens with two attached hydrogens (primary N) is 2. The fourth-order valence-electron chi connectivity index (χ4n) is 1.29. The van der Waals surface area contributed by atoms with Crippen LogP contribution in [0, 0.1) is 13.8 Å². The Morgan fingerprint density at radius 1 is 1.11 bits per heavy atom. The summed E-state index contributed by atoms with van der Waals surface area (Å²) in [5.41, 5.74) is 12.9. The molecule has 0 spiro atoms. The van der Waals surface area contributed by atoms with Gasteiger partial charge in [0.15, 0.2) is 5.11 Å². The van der Waals surface area contributed by atoms with E-state index >= 15 is 0 Å². The molecular formula is C13H17N5S.